The number of carbonyl (C=O) groups excluding carboxylic acids is 1. The number of hydrazone groups is 1. The number of non-ortho nitro benzene ring substituents is 1. The molecule has 8 nitrogen and oxygen atoms in total. The van der Waals surface area contributed by atoms with E-state index in [0.717, 1.165) is 18.8 Å². The van der Waals surface area contributed by atoms with E-state index in [1.165, 1.54) is 31.2 Å². The molecule has 4 rings (SSSR count). The molecule has 0 saturated carbocycles. The Bertz CT molecular complexity index is 1080. The van der Waals surface area contributed by atoms with Gasteiger partial charge in [-0.05, 0) is 55.3 Å². The number of hydrogen-bond donors (Lipinski definition) is 1. The Kier molecular flexibility index (Phi) is 5.56. The van der Waals surface area contributed by atoms with E-state index in [-0.39, 0.29) is 11.6 Å². The quantitative estimate of drug-likeness (QED) is 0.385. The van der Waals surface area contributed by atoms with Crippen molar-refractivity contribution in [1.82, 2.24) is 9.99 Å². The van der Waals surface area contributed by atoms with E-state index in [1.54, 1.807) is 47.2 Å². The molecule has 2 heterocycles. The molecule has 8 heteroatoms. The van der Waals surface area contributed by atoms with Crippen LogP contribution in [0.25, 0.3) is 5.69 Å². The van der Waals surface area contributed by atoms with Gasteiger partial charge >= 0.3 is 0 Å². The number of nitro groups is 1. The molecule has 1 amide bonds. The predicted octanol–water partition coefficient (Wildman–Crippen LogP) is 3.75. The maximum absolute atomic E-state index is 12.4. The van der Waals surface area contributed by atoms with Crippen LogP contribution in [-0.4, -0.2) is 34.7 Å². The number of amides is 1. The Morgan fingerprint density at radius 1 is 1.03 bits per heavy atom. The highest BCUT2D eigenvalue weighted by molar-refractivity contribution is 5.95. The van der Waals surface area contributed by atoms with Crippen LogP contribution < -0.4 is 10.3 Å². The summed E-state index contributed by atoms with van der Waals surface area (Å²) in [6.45, 7) is 2.11. The summed E-state index contributed by atoms with van der Waals surface area (Å²) in [6, 6.07) is 17.4. The molecule has 0 radical (unpaired) electrons. The monoisotopic (exact) mass is 403 g/mol. The standard InChI is InChI=1S/C22H21N5O3/c28-22(17-8-10-18(11-9-17)25-12-1-2-13-25)24-23-16-21-7-4-14-26(21)19-5-3-6-20(15-19)27(29)30/h3-11,14-16H,1-2,12-13H2,(H,24,28)/b23-16-. The van der Waals surface area contributed by atoms with Gasteiger partial charge < -0.3 is 9.47 Å². The van der Waals surface area contributed by atoms with Crippen molar-refractivity contribution in [2.75, 3.05) is 18.0 Å². The first-order chi connectivity index (χ1) is 14.6. The fraction of sp³-hybridized carbons (Fsp3) is 0.182. The molecule has 1 aliphatic heterocycles. The minimum absolute atomic E-state index is 0.00905. The van der Waals surface area contributed by atoms with Gasteiger partial charge in [0, 0.05) is 42.7 Å². The van der Waals surface area contributed by atoms with E-state index in [1.807, 2.05) is 12.1 Å². The van der Waals surface area contributed by atoms with Gasteiger partial charge in [0.1, 0.15) is 0 Å². The van der Waals surface area contributed by atoms with E-state index in [4.69, 9.17) is 0 Å². The molecule has 30 heavy (non-hydrogen) atoms. The van der Waals surface area contributed by atoms with Gasteiger partial charge in [0.2, 0.25) is 0 Å². The minimum atomic E-state index is -0.435. The average Bonchev–Trinajstić information content (AvgIpc) is 3.46. The maximum Gasteiger partial charge on any atom is 0.271 e. The van der Waals surface area contributed by atoms with Gasteiger partial charge in [0.25, 0.3) is 11.6 Å². The zero-order valence-corrected chi connectivity index (χ0v) is 16.3. The molecule has 0 atom stereocenters. The number of carbonyl (C=O) groups is 1. The predicted molar refractivity (Wildman–Crippen MR) is 115 cm³/mol. The maximum atomic E-state index is 12.4. The highest BCUT2D eigenvalue weighted by Gasteiger charge is 2.13. The molecule has 0 bridgehead atoms. The Morgan fingerprint density at radius 3 is 2.53 bits per heavy atom. The number of anilines is 1. The molecule has 1 aliphatic rings. The van der Waals surface area contributed by atoms with Crippen LogP contribution >= 0.6 is 0 Å². The molecule has 1 aromatic heterocycles. The van der Waals surface area contributed by atoms with Gasteiger partial charge in [0.05, 0.1) is 22.5 Å². The lowest BCUT2D eigenvalue weighted by atomic mass is 10.2. The van der Waals surface area contributed by atoms with Crippen LogP contribution in [0.3, 0.4) is 0 Å². The molecule has 152 valence electrons. The zero-order valence-electron chi connectivity index (χ0n) is 16.3. The lowest BCUT2D eigenvalue weighted by Gasteiger charge is -2.17. The molecule has 0 aliphatic carbocycles. The summed E-state index contributed by atoms with van der Waals surface area (Å²) in [5, 5.41) is 15.0. The van der Waals surface area contributed by atoms with Crippen LogP contribution in [0.15, 0.2) is 72.0 Å². The lowest BCUT2D eigenvalue weighted by Crippen LogP contribution is -2.19. The van der Waals surface area contributed by atoms with Crippen LogP contribution in [0.1, 0.15) is 28.9 Å². The van der Waals surface area contributed by atoms with Gasteiger partial charge in [-0.25, -0.2) is 5.43 Å². The number of rotatable bonds is 6. The van der Waals surface area contributed by atoms with Gasteiger partial charge in [-0.1, -0.05) is 6.07 Å². The zero-order chi connectivity index (χ0) is 20.9. The molecule has 1 fully saturated rings. The summed E-state index contributed by atoms with van der Waals surface area (Å²) in [4.78, 5) is 25.2. The molecular formula is C22H21N5O3. The largest absolute Gasteiger partial charge is 0.372 e. The second-order valence-electron chi connectivity index (χ2n) is 7.02. The number of nitro benzene ring substituents is 1. The van der Waals surface area contributed by atoms with Crippen molar-refractivity contribution in [3.63, 3.8) is 0 Å². The van der Waals surface area contributed by atoms with E-state index >= 15 is 0 Å². The lowest BCUT2D eigenvalue weighted by molar-refractivity contribution is -0.384. The van der Waals surface area contributed by atoms with Crippen LogP contribution in [-0.2, 0) is 0 Å². The first-order valence-corrected chi connectivity index (χ1v) is 9.72. The average molecular weight is 403 g/mol. The SMILES string of the molecule is O=C(N/N=C\c1cccn1-c1cccc([N+](=O)[O-])c1)c1ccc(N2CCCC2)cc1. The number of nitrogens with one attached hydrogen (secondary N) is 1. The molecule has 0 spiro atoms. The minimum Gasteiger partial charge on any atom is -0.372 e. The second kappa shape index (κ2) is 8.60. The summed E-state index contributed by atoms with van der Waals surface area (Å²) in [5.41, 5.74) is 5.52. The third-order valence-electron chi connectivity index (χ3n) is 5.06. The number of nitrogens with zero attached hydrogens (tertiary/aromatic N) is 4. The van der Waals surface area contributed by atoms with Crippen molar-refractivity contribution in [1.29, 1.82) is 0 Å². The van der Waals surface area contributed by atoms with Gasteiger partial charge in [-0.15, -0.1) is 0 Å². The Hall–Kier alpha value is -3.94. The van der Waals surface area contributed by atoms with Crippen LogP contribution in [0.4, 0.5) is 11.4 Å². The molecular weight excluding hydrogens is 382 g/mol. The Labute approximate surface area is 173 Å². The highest BCUT2D eigenvalue weighted by atomic mass is 16.6. The Morgan fingerprint density at radius 2 is 1.80 bits per heavy atom. The van der Waals surface area contributed by atoms with Crippen LogP contribution in [0.5, 0.6) is 0 Å². The summed E-state index contributed by atoms with van der Waals surface area (Å²) >= 11 is 0. The van der Waals surface area contributed by atoms with E-state index in [2.05, 4.69) is 15.4 Å². The highest BCUT2D eigenvalue weighted by Crippen LogP contribution is 2.20. The smallest absolute Gasteiger partial charge is 0.271 e. The Balaban J connectivity index is 1.43. The molecule has 1 saturated heterocycles. The van der Waals surface area contributed by atoms with Crippen LogP contribution in [0.2, 0.25) is 0 Å². The third kappa shape index (κ3) is 4.22. The number of aromatic nitrogens is 1. The van der Waals surface area contributed by atoms with Gasteiger partial charge in [0.15, 0.2) is 0 Å². The third-order valence-corrected chi connectivity index (χ3v) is 5.06. The van der Waals surface area contributed by atoms with Crippen molar-refractivity contribution in [2.24, 2.45) is 5.10 Å². The number of benzene rings is 2. The summed E-state index contributed by atoms with van der Waals surface area (Å²) in [7, 11) is 0. The van der Waals surface area contributed by atoms with E-state index < -0.39 is 4.92 Å². The van der Waals surface area contributed by atoms with Crippen molar-refractivity contribution < 1.29 is 9.72 Å². The fourth-order valence-electron chi connectivity index (χ4n) is 3.51. The van der Waals surface area contributed by atoms with Crippen molar-refractivity contribution in [3.05, 3.63) is 88.2 Å². The van der Waals surface area contributed by atoms with Crippen molar-refractivity contribution in [3.8, 4) is 5.69 Å². The first-order valence-electron chi connectivity index (χ1n) is 9.72. The van der Waals surface area contributed by atoms with E-state index in [9.17, 15) is 14.9 Å². The second-order valence-corrected chi connectivity index (χ2v) is 7.02. The summed E-state index contributed by atoms with van der Waals surface area (Å²) < 4.78 is 1.76. The van der Waals surface area contributed by atoms with Gasteiger partial charge in [-0.2, -0.15) is 5.10 Å². The molecule has 3 aromatic rings. The first kappa shape index (κ1) is 19.4. The number of hydrogen-bond acceptors (Lipinski definition) is 5. The summed E-state index contributed by atoms with van der Waals surface area (Å²) in [6.07, 6.45) is 5.69. The molecule has 1 N–H and O–H groups in total. The van der Waals surface area contributed by atoms with Crippen LogP contribution in [0, 0.1) is 10.1 Å². The van der Waals surface area contributed by atoms with Crippen molar-refractivity contribution >= 4 is 23.5 Å². The molecule has 0 unspecified atom stereocenters. The summed E-state index contributed by atoms with van der Waals surface area (Å²) in [5.74, 6) is -0.298. The van der Waals surface area contributed by atoms with Gasteiger partial charge in [-0.3, -0.25) is 14.9 Å². The van der Waals surface area contributed by atoms with E-state index in [0.29, 0.717) is 16.9 Å². The van der Waals surface area contributed by atoms with Crippen molar-refractivity contribution in [2.45, 2.75) is 12.8 Å². The fourth-order valence-corrected chi connectivity index (χ4v) is 3.51. The normalized spacial score (nSPS) is 13.7. The molecule has 2 aromatic carbocycles. The topological polar surface area (TPSA) is 92.8 Å².